The summed E-state index contributed by atoms with van der Waals surface area (Å²) in [5, 5.41) is 67.5. The Bertz CT molecular complexity index is 2090. The number of fused-ring (bicyclic) bond motifs is 14. The molecule has 6 rings (SSSR count). The number of hydrazone groups is 1. The lowest BCUT2D eigenvalue weighted by Crippen LogP contribution is -2.46. The maximum absolute atomic E-state index is 14.5. The zero-order chi connectivity index (χ0) is 44.9. The van der Waals surface area contributed by atoms with Gasteiger partial charge in [0.25, 0.3) is 11.7 Å². The van der Waals surface area contributed by atoms with E-state index in [1.54, 1.807) is 39.8 Å². The molecule has 4 aliphatic heterocycles. The van der Waals surface area contributed by atoms with Gasteiger partial charge in [-0.2, -0.15) is 5.10 Å². The fourth-order valence-corrected chi connectivity index (χ4v) is 8.53. The maximum Gasteiger partial charge on any atom is 0.312 e. The summed E-state index contributed by atoms with van der Waals surface area (Å²) in [6.07, 6.45) is 11.1. The molecule has 2 aromatic carbocycles. The summed E-state index contributed by atoms with van der Waals surface area (Å²) >= 11 is 0. The number of phenolic OH excluding ortho intramolecular Hbond substituents is 3. The Hall–Kier alpha value is -5.12. The number of hydrogen-bond donors (Lipinski definition) is 6. The first-order chi connectivity index (χ1) is 28.8. The lowest BCUT2D eigenvalue weighted by atomic mass is 9.78. The summed E-state index contributed by atoms with van der Waals surface area (Å²) < 4.78 is 23.7. The van der Waals surface area contributed by atoms with Gasteiger partial charge in [-0.1, -0.05) is 71.6 Å². The first-order valence-electron chi connectivity index (χ1n) is 21.2. The van der Waals surface area contributed by atoms with Crippen LogP contribution in [0.2, 0.25) is 0 Å². The van der Waals surface area contributed by atoms with E-state index in [0.717, 1.165) is 38.5 Å². The van der Waals surface area contributed by atoms with E-state index in [9.17, 15) is 39.9 Å². The van der Waals surface area contributed by atoms with Crippen LogP contribution in [0.15, 0.2) is 41.2 Å². The van der Waals surface area contributed by atoms with E-state index in [-0.39, 0.29) is 44.5 Å². The molecule has 4 heterocycles. The van der Waals surface area contributed by atoms with Crippen LogP contribution in [0.5, 0.6) is 23.0 Å². The predicted octanol–water partition coefficient (Wildman–Crippen LogP) is 6.74. The molecule has 0 aliphatic carbocycles. The van der Waals surface area contributed by atoms with Crippen molar-refractivity contribution in [3.63, 3.8) is 0 Å². The largest absolute Gasteiger partial charge is 0.507 e. The van der Waals surface area contributed by atoms with Crippen LogP contribution in [0.25, 0.3) is 10.8 Å². The van der Waals surface area contributed by atoms with E-state index in [1.165, 1.54) is 59.4 Å². The molecule has 1 fully saturated rings. The van der Waals surface area contributed by atoms with Crippen LogP contribution in [0.1, 0.15) is 108 Å². The number of nitrogens with one attached hydrogen (secondary N) is 1. The number of Topliss-reactive ketones (excluding diaryl/α,β-unsaturated/α-hetero) is 1. The van der Waals surface area contributed by atoms with Crippen molar-refractivity contribution in [3.05, 3.63) is 52.8 Å². The number of aromatic hydroxyl groups is 3. The third-order valence-corrected chi connectivity index (χ3v) is 12.5. The number of amides is 1. The quantitative estimate of drug-likeness (QED) is 0.0814. The highest BCUT2D eigenvalue weighted by Crippen LogP contribution is 2.55. The van der Waals surface area contributed by atoms with Gasteiger partial charge in [0.2, 0.25) is 0 Å². The highest BCUT2D eigenvalue weighted by molar-refractivity contribution is 6.23. The van der Waals surface area contributed by atoms with Crippen molar-refractivity contribution in [1.29, 1.82) is 0 Å². The minimum atomic E-state index is -2.04. The number of methoxy groups -OCH3 is 1. The molecule has 9 atom stereocenters. The van der Waals surface area contributed by atoms with Gasteiger partial charge in [0.15, 0.2) is 5.75 Å². The van der Waals surface area contributed by atoms with Crippen molar-refractivity contribution in [3.8, 4) is 23.0 Å². The number of nitrogens with zero attached hydrogens (tertiary/aromatic N) is 2. The second-order valence-corrected chi connectivity index (χ2v) is 16.9. The number of anilines is 1. The van der Waals surface area contributed by atoms with Crippen LogP contribution in [0, 0.1) is 30.6 Å². The number of benzene rings is 2. The number of aliphatic hydroxyl groups is 2. The van der Waals surface area contributed by atoms with Gasteiger partial charge in [0.1, 0.15) is 23.4 Å². The predicted molar refractivity (Wildman–Crippen MR) is 231 cm³/mol. The Kier molecular flexibility index (Phi) is 15.2. The molecule has 2 aromatic rings. The number of ketones is 1. The molecule has 15 heteroatoms. The summed E-state index contributed by atoms with van der Waals surface area (Å²) in [7, 11) is 1.44. The minimum absolute atomic E-state index is 0.0645. The number of aliphatic hydroxyl groups excluding tert-OH is 2. The van der Waals surface area contributed by atoms with Crippen molar-refractivity contribution in [2.75, 3.05) is 25.5 Å². The lowest BCUT2D eigenvalue weighted by Gasteiger charge is -2.38. The number of hydrogen-bond acceptors (Lipinski definition) is 14. The van der Waals surface area contributed by atoms with Crippen LogP contribution in [0.3, 0.4) is 0 Å². The summed E-state index contributed by atoms with van der Waals surface area (Å²) in [6, 6.07) is 0. The normalized spacial score (nSPS) is 29.8. The second-order valence-electron chi connectivity index (χ2n) is 16.9. The van der Waals surface area contributed by atoms with Crippen LogP contribution >= 0.6 is 0 Å². The molecule has 0 saturated carbocycles. The third-order valence-electron chi connectivity index (χ3n) is 12.5. The molecule has 15 nitrogen and oxygen atoms in total. The Morgan fingerprint density at radius 1 is 0.902 bits per heavy atom. The van der Waals surface area contributed by atoms with E-state index in [2.05, 4.69) is 10.4 Å². The Morgan fingerprint density at radius 3 is 2.16 bits per heavy atom. The summed E-state index contributed by atoms with van der Waals surface area (Å²) in [6.45, 7) is 13.9. The van der Waals surface area contributed by atoms with Gasteiger partial charge in [0.05, 0.1) is 53.0 Å². The van der Waals surface area contributed by atoms with Crippen LogP contribution in [0.4, 0.5) is 5.69 Å². The van der Waals surface area contributed by atoms with Gasteiger partial charge in [-0.3, -0.25) is 19.4 Å². The average Bonchev–Trinajstić information content (AvgIpc) is 3.56. The highest BCUT2D eigenvalue weighted by Gasteiger charge is 2.50. The van der Waals surface area contributed by atoms with E-state index in [1.807, 2.05) is 5.01 Å². The van der Waals surface area contributed by atoms with Crippen molar-refractivity contribution in [2.24, 2.45) is 28.8 Å². The number of carbonyl (C=O) groups excluding carboxylic acids is 3. The first kappa shape index (κ1) is 46.9. The number of rotatable bonds is 4. The molecule has 334 valence electrons. The number of esters is 1. The van der Waals surface area contributed by atoms with E-state index in [0.29, 0.717) is 13.1 Å². The highest BCUT2D eigenvalue weighted by atomic mass is 16.7. The standard InChI is InChI=1S/C46H63N3O12/c1-24-17-16-18-25(2)45(57)48-36-31(23-47-49-20-14-12-10-11-13-15-21-49)40(54)33-34(41(36)55)39(53)29(6)43-35(33)44(56)46(8,61-43)59-22-19-32(58-9)26(3)42(60-30(7)50)28(5)38(52)27(4)37(24)51/h16-19,22-24,26-28,32,37-38,42,51-55H,10-15,20-21H2,1-9H3,(H,48,57)/b17-16?,22-19?,25-18?,47-23-. The Morgan fingerprint density at radius 2 is 1.54 bits per heavy atom. The molecular formula is C46H63N3O12. The summed E-state index contributed by atoms with van der Waals surface area (Å²) in [4.78, 5) is 40.7. The van der Waals surface area contributed by atoms with E-state index < -0.39 is 88.8 Å². The van der Waals surface area contributed by atoms with Gasteiger partial charge >= 0.3 is 11.8 Å². The molecule has 1 saturated heterocycles. The molecule has 5 bridgehead atoms. The van der Waals surface area contributed by atoms with Gasteiger partial charge in [-0.05, 0) is 32.8 Å². The third kappa shape index (κ3) is 9.84. The average molecular weight is 850 g/mol. The van der Waals surface area contributed by atoms with Crippen molar-refractivity contribution in [1.82, 2.24) is 5.01 Å². The van der Waals surface area contributed by atoms with Crippen LogP contribution < -0.4 is 10.1 Å². The van der Waals surface area contributed by atoms with Gasteiger partial charge in [0, 0.05) is 74.2 Å². The van der Waals surface area contributed by atoms with Gasteiger partial charge in [-0.25, -0.2) is 0 Å². The van der Waals surface area contributed by atoms with Gasteiger partial charge < -0.3 is 49.8 Å². The molecule has 1 amide bonds. The SMILES string of the molecule is COC1C=COC2(C)Oc3c(C)c(O)c4c(O)c(c(/C=N\N5CCCCCCCC5)c(O)c4c3C2=O)NC(=O)C(C)=CC=CC(C)C(O)C(C)C(O)C(C)C(OC(C)=O)C1C. The van der Waals surface area contributed by atoms with Crippen LogP contribution in [-0.2, 0) is 23.8 Å². The molecule has 4 aliphatic rings. The topological polar surface area (TPSA) is 217 Å². The first-order valence-corrected chi connectivity index (χ1v) is 21.2. The van der Waals surface area contributed by atoms with E-state index >= 15 is 0 Å². The zero-order valence-electron chi connectivity index (χ0n) is 36.7. The minimum Gasteiger partial charge on any atom is -0.507 e. The summed E-state index contributed by atoms with van der Waals surface area (Å²) in [5.74, 6) is -8.25. The van der Waals surface area contributed by atoms with Crippen molar-refractivity contribution >= 4 is 40.3 Å². The summed E-state index contributed by atoms with van der Waals surface area (Å²) in [5.41, 5.74) is -0.276. The fraction of sp³-hybridized carbons (Fsp3) is 0.565. The second kappa shape index (κ2) is 19.7. The number of ether oxygens (including phenoxy) is 4. The molecule has 9 unspecified atom stereocenters. The smallest absolute Gasteiger partial charge is 0.312 e. The molecule has 0 aromatic heterocycles. The molecular weight excluding hydrogens is 787 g/mol. The maximum atomic E-state index is 14.5. The Balaban J connectivity index is 1.71. The molecule has 6 N–H and O–H groups in total. The fourth-order valence-electron chi connectivity index (χ4n) is 8.53. The zero-order valence-corrected chi connectivity index (χ0v) is 36.7. The number of phenols is 3. The number of allylic oxidation sites excluding steroid dienone is 2. The lowest BCUT2D eigenvalue weighted by molar-refractivity contribution is -0.160. The molecule has 61 heavy (non-hydrogen) atoms. The van der Waals surface area contributed by atoms with Crippen LogP contribution in [-0.4, -0.2) is 105 Å². The molecule has 0 spiro atoms. The Labute approximate surface area is 357 Å². The number of carbonyl (C=O) groups is 3. The van der Waals surface area contributed by atoms with Crippen molar-refractivity contribution < 1.29 is 58.9 Å². The van der Waals surface area contributed by atoms with Crippen molar-refractivity contribution in [2.45, 2.75) is 124 Å². The van der Waals surface area contributed by atoms with E-state index in [4.69, 9.17) is 18.9 Å². The monoisotopic (exact) mass is 849 g/mol. The molecule has 0 radical (unpaired) electrons. The van der Waals surface area contributed by atoms with Gasteiger partial charge in [-0.15, -0.1) is 0 Å².